The number of fused-ring (bicyclic) bond motifs is 1. The number of H-pyrrole nitrogens is 1. The van der Waals surface area contributed by atoms with E-state index in [4.69, 9.17) is 21.4 Å². The van der Waals surface area contributed by atoms with E-state index in [2.05, 4.69) is 31.1 Å². The summed E-state index contributed by atoms with van der Waals surface area (Å²) in [6, 6.07) is 5.29. The maximum absolute atomic E-state index is 12.4. The van der Waals surface area contributed by atoms with Crippen molar-refractivity contribution in [1.82, 2.24) is 10.3 Å². The highest BCUT2D eigenvalue weighted by Gasteiger charge is 2.37. The second kappa shape index (κ2) is 6.09. The first-order chi connectivity index (χ1) is 10.8. The number of hydrogen-bond acceptors (Lipinski definition) is 4. The summed E-state index contributed by atoms with van der Waals surface area (Å²) in [5.41, 5.74) is 2.04. The number of benzene rings is 1. The van der Waals surface area contributed by atoms with E-state index in [9.17, 15) is 4.79 Å². The topological polar surface area (TPSA) is 67.3 Å². The molecular weight excluding hydrogens is 312 g/mol. The highest BCUT2D eigenvalue weighted by atomic mass is 32.1. The summed E-state index contributed by atoms with van der Waals surface area (Å²) in [5, 5.41) is 3.02. The van der Waals surface area contributed by atoms with E-state index in [1.54, 1.807) is 18.2 Å². The molecule has 5 nitrogen and oxygen atoms in total. The van der Waals surface area contributed by atoms with Crippen molar-refractivity contribution < 1.29 is 13.9 Å². The number of ether oxygens (including phenoxy) is 1. The van der Waals surface area contributed by atoms with Gasteiger partial charge in [0.1, 0.15) is 0 Å². The van der Waals surface area contributed by atoms with E-state index in [1.807, 2.05) is 0 Å². The largest absolute Gasteiger partial charge is 0.429 e. The van der Waals surface area contributed by atoms with Crippen molar-refractivity contribution >= 4 is 29.2 Å². The number of nitrogens with one attached hydrogen (secondary N) is 2. The number of aromatic amines is 1. The fraction of sp³-hybridized carbons (Fsp3) is 0.529. The Balaban J connectivity index is 1.67. The van der Waals surface area contributed by atoms with Crippen LogP contribution in [0, 0.1) is 16.2 Å². The Labute approximate surface area is 140 Å². The molecule has 0 saturated carbocycles. The van der Waals surface area contributed by atoms with Crippen LogP contribution in [-0.4, -0.2) is 30.1 Å². The van der Waals surface area contributed by atoms with Gasteiger partial charge < -0.3 is 19.5 Å². The highest BCUT2D eigenvalue weighted by molar-refractivity contribution is 7.71. The molecule has 0 spiro atoms. The molecule has 1 aromatic carbocycles. The molecule has 2 aromatic rings. The third-order valence-electron chi connectivity index (χ3n) is 4.28. The summed E-state index contributed by atoms with van der Waals surface area (Å²) in [5.74, 6) is 0.243. The van der Waals surface area contributed by atoms with Gasteiger partial charge in [0, 0.05) is 24.6 Å². The van der Waals surface area contributed by atoms with Gasteiger partial charge in [0.05, 0.1) is 11.6 Å². The van der Waals surface area contributed by atoms with Crippen molar-refractivity contribution in [3.05, 3.63) is 28.6 Å². The second-order valence-electron chi connectivity index (χ2n) is 7.14. The molecule has 2 heterocycles. The first kappa shape index (κ1) is 16.2. The van der Waals surface area contributed by atoms with Crippen molar-refractivity contribution in [3.63, 3.8) is 0 Å². The first-order valence-electron chi connectivity index (χ1n) is 7.87. The maximum atomic E-state index is 12.4. The van der Waals surface area contributed by atoms with E-state index < -0.39 is 0 Å². The van der Waals surface area contributed by atoms with Crippen molar-refractivity contribution in [3.8, 4) is 0 Å². The number of carbonyl (C=O) groups excluding carboxylic acids is 1. The van der Waals surface area contributed by atoms with Crippen LogP contribution in [0.15, 0.2) is 22.6 Å². The van der Waals surface area contributed by atoms with Crippen LogP contribution in [0.4, 0.5) is 0 Å². The van der Waals surface area contributed by atoms with Crippen molar-refractivity contribution in [2.24, 2.45) is 11.3 Å². The SMILES string of the molecule is CC(C)(C)[C@@H]1OCC[C@@H]1CNC(=O)c1ccc2[nH]c(=S)oc2c1. The first-order valence-corrected chi connectivity index (χ1v) is 8.28. The summed E-state index contributed by atoms with van der Waals surface area (Å²) < 4.78 is 11.2. The molecule has 2 N–H and O–H groups in total. The lowest BCUT2D eigenvalue weighted by Crippen LogP contribution is -2.38. The third kappa shape index (κ3) is 3.48. The van der Waals surface area contributed by atoms with Crippen LogP contribution in [0.1, 0.15) is 37.6 Å². The maximum Gasteiger partial charge on any atom is 0.266 e. The number of oxazole rings is 1. The second-order valence-corrected chi connectivity index (χ2v) is 7.51. The van der Waals surface area contributed by atoms with Crippen LogP contribution in [-0.2, 0) is 4.74 Å². The lowest BCUT2D eigenvalue weighted by Gasteiger charge is -2.31. The molecule has 2 atom stereocenters. The zero-order valence-corrected chi connectivity index (χ0v) is 14.5. The van der Waals surface area contributed by atoms with Gasteiger partial charge in [-0.3, -0.25) is 4.79 Å². The summed E-state index contributed by atoms with van der Waals surface area (Å²) in [6.45, 7) is 7.90. The molecule has 0 unspecified atom stereocenters. The van der Waals surface area contributed by atoms with Crippen LogP contribution in [0.5, 0.6) is 0 Å². The average molecular weight is 334 g/mol. The van der Waals surface area contributed by atoms with Crippen molar-refractivity contribution in [2.45, 2.75) is 33.3 Å². The van der Waals surface area contributed by atoms with Gasteiger partial charge >= 0.3 is 0 Å². The number of carbonyl (C=O) groups is 1. The Bertz CT molecular complexity index is 772. The zero-order valence-electron chi connectivity index (χ0n) is 13.6. The Hall–Kier alpha value is -1.66. The number of rotatable bonds is 3. The quantitative estimate of drug-likeness (QED) is 0.841. The molecule has 1 saturated heterocycles. The summed E-state index contributed by atoms with van der Waals surface area (Å²) in [4.78, 5) is 15.6. The lowest BCUT2D eigenvalue weighted by atomic mass is 9.81. The van der Waals surface area contributed by atoms with Crippen LogP contribution in [0.2, 0.25) is 0 Å². The summed E-state index contributed by atoms with van der Waals surface area (Å²) >= 11 is 4.96. The van der Waals surface area contributed by atoms with E-state index in [0.717, 1.165) is 18.5 Å². The molecule has 23 heavy (non-hydrogen) atoms. The van der Waals surface area contributed by atoms with Gasteiger partial charge in [-0.15, -0.1) is 0 Å². The van der Waals surface area contributed by atoms with E-state index in [1.165, 1.54) is 0 Å². The Kier molecular flexibility index (Phi) is 4.29. The van der Waals surface area contributed by atoms with E-state index >= 15 is 0 Å². The summed E-state index contributed by atoms with van der Waals surface area (Å²) in [7, 11) is 0. The van der Waals surface area contributed by atoms with Gasteiger partial charge in [-0.25, -0.2) is 0 Å². The molecular formula is C17H22N2O3S. The van der Waals surface area contributed by atoms with Crippen LogP contribution >= 0.6 is 12.2 Å². The van der Waals surface area contributed by atoms with Gasteiger partial charge in [-0.1, -0.05) is 20.8 Å². The van der Waals surface area contributed by atoms with Gasteiger partial charge in [0.2, 0.25) is 0 Å². The summed E-state index contributed by atoms with van der Waals surface area (Å²) in [6.07, 6.45) is 1.15. The minimum Gasteiger partial charge on any atom is -0.429 e. The van der Waals surface area contributed by atoms with Crippen LogP contribution < -0.4 is 5.32 Å². The lowest BCUT2D eigenvalue weighted by molar-refractivity contribution is 0.00737. The molecule has 1 fully saturated rings. The molecule has 124 valence electrons. The third-order valence-corrected chi connectivity index (χ3v) is 4.46. The molecule has 1 aromatic heterocycles. The van der Waals surface area contributed by atoms with Gasteiger partial charge in [0.15, 0.2) is 5.58 Å². The average Bonchev–Trinajstić information content (AvgIpc) is 3.08. The standard InChI is InChI=1S/C17H22N2O3S/c1-17(2,3)14-11(6-7-21-14)9-18-15(20)10-4-5-12-13(8-10)22-16(23)19-12/h4-5,8,11,14H,6-7,9H2,1-3H3,(H,18,20)(H,19,23)/t11-,14-/m1/s1. The van der Waals surface area contributed by atoms with E-state index in [0.29, 0.717) is 28.4 Å². The smallest absolute Gasteiger partial charge is 0.266 e. The van der Waals surface area contributed by atoms with Crippen LogP contribution in [0.25, 0.3) is 11.1 Å². The Morgan fingerprint density at radius 2 is 2.22 bits per heavy atom. The fourth-order valence-electron chi connectivity index (χ4n) is 3.21. The molecule has 1 amide bonds. The van der Waals surface area contributed by atoms with Crippen LogP contribution in [0.3, 0.4) is 0 Å². The molecule has 1 aliphatic rings. The monoisotopic (exact) mass is 334 g/mol. The minimum absolute atomic E-state index is 0.0780. The molecule has 0 aliphatic carbocycles. The molecule has 0 bridgehead atoms. The molecule has 0 radical (unpaired) electrons. The van der Waals surface area contributed by atoms with E-state index in [-0.39, 0.29) is 17.4 Å². The van der Waals surface area contributed by atoms with Gasteiger partial charge in [-0.2, -0.15) is 0 Å². The molecule has 3 rings (SSSR count). The minimum atomic E-state index is -0.103. The van der Waals surface area contributed by atoms with Gasteiger partial charge in [-0.05, 0) is 42.3 Å². The van der Waals surface area contributed by atoms with Crippen molar-refractivity contribution in [1.29, 1.82) is 0 Å². The van der Waals surface area contributed by atoms with Crippen molar-refractivity contribution in [2.75, 3.05) is 13.2 Å². The number of amides is 1. The molecule has 6 heteroatoms. The predicted octanol–water partition coefficient (Wildman–Crippen LogP) is 3.67. The zero-order chi connectivity index (χ0) is 16.6. The fourth-order valence-corrected chi connectivity index (χ4v) is 3.41. The number of aromatic nitrogens is 1. The Morgan fingerprint density at radius 3 is 2.96 bits per heavy atom. The Morgan fingerprint density at radius 1 is 1.43 bits per heavy atom. The number of hydrogen-bond donors (Lipinski definition) is 2. The highest BCUT2D eigenvalue weighted by Crippen LogP contribution is 2.34. The normalized spacial score (nSPS) is 21.7. The predicted molar refractivity (Wildman–Crippen MR) is 91.0 cm³/mol. The van der Waals surface area contributed by atoms with Gasteiger partial charge in [0.25, 0.3) is 10.7 Å². The molecule has 1 aliphatic heterocycles.